The second kappa shape index (κ2) is 17.2. The lowest BCUT2D eigenvalue weighted by atomic mass is 9.84. The first kappa shape index (κ1) is 42.9. The van der Waals surface area contributed by atoms with Crippen LogP contribution in [0.15, 0.2) is 267 Å². The molecule has 1 aromatic heterocycles. The molecular formula is C73H48N2. The molecule has 0 aliphatic carbocycles. The molecule has 1 heterocycles. The average molecular weight is 953 g/mol. The maximum absolute atomic E-state index is 4.25. The van der Waals surface area contributed by atoms with Gasteiger partial charge in [-0.15, -0.1) is 0 Å². The monoisotopic (exact) mass is 952 g/mol. The largest absolute Gasteiger partial charge is 0.354 e. The second-order valence-corrected chi connectivity index (χ2v) is 20.0. The van der Waals surface area contributed by atoms with Gasteiger partial charge in [-0.3, -0.25) is 0 Å². The molecule has 14 aromatic carbocycles. The molecule has 0 saturated carbocycles. The lowest BCUT2D eigenvalue weighted by Crippen LogP contribution is -2.03. The Morgan fingerprint density at radius 2 is 0.840 bits per heavy atom. The van der Waals surface area contributed by atoms with E-state index in [1.54, 1.807) is 0 Å². The highest BCUT2D eigenvalue weighted by Gasteiger charge is 2.28. The molecule has 350 valence electrons. The van der Waals surface area contributed by atoms with Crippen molar-refractivity contribution < 1.29 is 0 Å². The average Bonchev–Trinajstić information content (AvgIpc) is 3.93. The van der Waals surface area contributed by atoms with Crippen LogP contribution in [-0.2, 0) is 0 Å². The van der Waals surface area contributed by atoms with E-state index in [4.69, 9.17) is 0 Å². The first-order chi connectivity index (χ1) is 37.2. The van der Waals surface area contributed by atoms with E-state index in [1.165, 1.54) is 131 Å². The van der Waals surface area contributed by atoms with E-state index >= 15 is 0 Å². The summed E-state index contributed by atoms with van der Waals surface area (Å²) in [5.41, 5.74) is 15.2. The summed E-state index contributed by atoms with van der Waals surface area (Å²) >= 11 is 0. The minimum absolute atomic E-state index is 1.07. The number of nitrogens with one attached hydrogen (secondary N) is 1. The molecule has 0 radical (unpaired) electrons. The van der Waals surface area contributed by atoms with Gasteiger partial charge < -0.3 is 9.88 Å². The summed E-state index contributed by atoms with van der Waals surface area (Å²) in [6.45, 7) is 2.28. The minimum Gasteiger partial charge on any atom is -0.354 e. The summed E-state index contributed by atoms with van der Waals surface area (Å²) in [5.74, 6) is 0. The van der Waals surface area contributed by atoms with Gasteiger partial charge in [0.05, 0.1) is 22.6 Å². The van der Waals surface area contributed by atoms with Gasteiger partial charge in [-0.25, -0.2) is 0 Å². The van der Waals surface area contributed by atoms with Crippen molar-refractivity contribution >= 4 is 109 Å². The second-order valence-electron chi connectivity index (χ2n) is 20.0. The van der Waals surface area contributed by atoms with Crippen LogP contribution in [0.3, 0.4) is 0 Å². The molecule has 15 rings (SSSR count). The van der Waals surface area contributed by atoms with Crippen LogP contribution >= 0.6 is 0 Å². The number of anilines is 2. The third-order valence-corrected chi connectivity index (χ3v) is 15.9. The quantitative estimate of drug-likeness (QED) is 0.119. The Morgan fingerprint density at radius 1 is 0.347 bits per heavy atom. The van der Waals surface area contributed by atoms with E-state index in [-0.39, 0.29) is 0 Å². The molecule has 2 nitrogen and oxygen atoms in total. The third-order valence-electron chi connectivity index (χ3n) is 15.9. The summed E-state index contributed by atoms with van der Waals surface area (Å²) in [6, 6.07) is 98.6. The Hall–Kier alpha value is -9.76. The molecule has 0 saturated heterocycles. The molecule has 0 bridgehead atoms. The van der Waals surface area contributed by atoms with Gasteiger partial charge in [-0.2, -0.15) is 0 Å². The van der Waals surface area contributed by atoms with Gasteiger partial charge in [0.25, 0.3) is 0 Å². The van der Waals surface area contributed by atoms with Crippen LogP contribution in [0.5, 0.6) is 0 Å². The van der Waals surface area contributed by atoms with E-state index in [2.05, 4.69) is 284 Å². The third kappa shape index (κ3) is 6.73. The van der Waals surface area contributed by atoms with Crippen molar-refractivity contribution in [2.45, 2.75) is 6.92 Å². The van der Waals surface area contributed by atoms with Crippen LogP contribution in [0.2, 0.25) is 0 Å². The predicted octanol–water partition coefficient (Wildman–Crippen LogP) is 20.2. The maximum atomic E-state index is 4.25. The molecule has 0 amide bonds. The first-order valence-electron chi connectivity index (χ1n) is 26.0. The summed E-state index contributed by atoms with van der Waals surface area (Å²) in [4.78, 5) is 0. The number of allylic oxidation sites excluding steroid dienone is 1. The van der Waals surface area contributed by atoms with Gasteiger partial charge >= 0.3 is 0 Å². The normalized spacial score (nSPS) is 12.3. The van der Waals surface area contributed by atoms with Crippen LogP contribution in [0.4, 0.5) is 11.4 Å². The highest BCUT2D eigenvalue weighted by molar-refractivity contribution is 6.33. The fourth-order valence-electron chi connectivity index (χ4n) is 12.6. The lowest BCUT2D eigenvalue weighted by molar-refractivity contribution is 1.16. The Kier molecular flexibility index (Phi) is 9.83. The van der Waals surface area contributed by atoms with Gasteiger partial charge in [-0.05, 0) is 118 Å². The number of fused-ring (bicyclic) bond motifs is 8. The van der Waals surface area contributed by atoms with Crippen molar-refractivity contribution in [3.63, 3.8) is 0 Å². The molecule has 1 N–H and O–H groups in total. The Balaban J connectivity index is 1.12. The number of hydrogen-bond acceptors (Lipinski definition) is 1. The van der Waals surface area contributed by atoms with Crippen molar-refractivity contribution in [3.8, 4) is 28.1 Å². The molecule has 0 aliphatic heterocycles. The van der Waals surface area contributed by atoms with Crippen molar-refractivity contribution in [2.24, 2.45) is 0 Å². The Labute approximate surface area is 435 Å². The van der Waals surface area contributed by atoms with E-state index < -0.39 is 0 Å². The summed E-state index contributed by atoms with van der Waals surface area (Å²) in [7, 11) is 0. The molecule has 0 unspecified atom stereocenters. The van der Waals surface area contributed by atoms with Crippen molar-refractivity contribution in [2.75, 3.05) is 5.32 Å². The topological polar surface area (TPSA) is 17.0 Å². The van der Waals surface area contributed by atoms with E-state index in [1.807, 2.05) is 0 Å². The number of hydrogen-bond donors (Lipinski definition) is 1. The maximum Gasteiger partial charge on any atom is 0.0620 e. The zero-order valence-corrected chi connectivity index (χ0v) is 41.4. The molecule has 0 fully saturated rings. The molecule has 0 atom stereocenters. The van der Waals surface area contributed by atoms with E-state index in [9.17, 15) is 0 Å². The van der Waals surface area contributed by atoms with Crippen LogP contribution in [0.1, 0.15) is 23.6 Å². The highest BCUT2D eigenvalue weighted by atomic mass is 15.0. The van der Waals surface area contributed by atoms with Crippen LogP contribution in [-0.4, -0.2) is 4.57 Å². The molecule has 0 aliphatic rings. The van der Waals surface area contributed by atoms with Gasteiger partial charge in [-0.1, -0.05) is 243 Å². The Morgan fingerprint density at radius 3 is 1.51 bits per heavy atom. The van der Waals surface area contributed by atoms with Crippen molar-refractivity contribution in [3.05, 3.63) is 284 Å². The lowest BCUT2D eigenvalue weighted by Gasteiger charge is -2.24. The van der Waals surface area contributed by atoms with Gasteiger partial charge in [0, 0.05) is 43.7 Å². The molecule has 15 aromatic rings. The fraction of sp³-hybridized carbons (Fsp3) is 0.0137. The summed E-state index contributed by atoms with van der Waals surface area (Å²) < 4.78 is 2.61. The highest BCUT2D eigenvalue weighted by Crippen LogP contribution is 2.52. The van der Waals surface area contributed by atoms with E-state index in [0.717, 1.165) is 22.6 Å². The summed E-state index contributed by atoms with van der Waals surface area (Å²) in [6.07, 6.45) is 0. The smallest absolute Gasteiger partial charge is 0.0620 e. The zero-order valence-electron chi connectivity index (χ0n) is 41.4. The van der Waals surface area contributed by atoms with Gasteiger partial charge in [0.2, 0.25) is 0 Å². The Bertz CT molecular complexity index is 4760. The van der Waals surface area contributed by atoms with Crippen LogP contribution in [0.25, 0.3) is 126 Å². The van der Waals surface area contributed by atoms with Gasteiger partial charge in [0.15, 0.2) is 0 Å². The molecule has 75 heavy (non-hydrogen) atoms. The minimum atomic E-state index is 1.07. The zero-order chi connectivity index (χ0) is 49.6. The number of rotatable bonds is 8. The SMILES string of the molecule is C/C(=C(/c1ccccc1)c1cc2ccc3c4c(ccc(c1Nc1cc5ccccc5c5ccccc15)c24)cc1c(-c2ccccc2)c(-c2ccccc2)n(-c2cc4ccccc4c4ccccc24)c13)c1ccccc1. The fourth-order valence-corrected chi connectivity index (χ4v) is 12.6. The predicted molar refractivity (Wildman–Crippen MR) is 322 cm³/mol. The first-order valence-corrected chi connectivity index (χ1v) is 26.0. The number of nitrogens with zero attached hydrogens (tertiary/aromatic N) is 1. The standard InChI is InChI=1S/C73H48N2/c1-46(47-22-6-2-7-23-47)67(48-24-8-3-9-25-48)63-42-53-39-41-62-69-54(38-40-61(68(53)69)71(63)74-65-44-51-30-14-16-32-55(51)57-34-18-20-36-59(57)65)43-64-70(49-26-10-4-11-27-49)72(50-28-12-5-13-29-50)75(73(62)64)66-45-52-31-15-17-33-56(52)58-35-19-21-37-60(58)66/h2-45,74H,1H3/b67-46+. The molecular weight excluding hydrogens is 905 g/mol. The van der Waals surface area contributed by atoms with Crippen molar-refractivity contribution in [1.29, 1.82) is 0 Å². The summed E-state index contributed by atoms with van der Waals surface area (Å²) in [5, 5.41) is 22.5. The molecule has 2 heteroatoms. The number of aromatic nitrogens is 1. The van der Waals surface area contributed by atoms with E-state index in [0.29, 0.717) is 0 Å². The van der Waals surface area contributed by atoms with Crippen LogP contribution in [0, 0.1) is 0 Å². The number of benzene rings is 14. The molecule has 0 spiro atoms. The van der Waals surface area contributed by atoms with Crippen molar-refractivity contribution in [1.82, 2.24) is 4.57 Å². The van der Waals surface area contributed by atoms with Gasteiger partial charge in [0.1, 0.15) is 0 Å². The van der Waals surface area contributed by atoms with Crippen LogP contribution < -0.4 is 5.32 Å².